The zero-order valence-electron chi connectivity index (χ0n) is 21.2. The van der Waals surface area contributed by atoms with Crippen LogP contribution in [-0.2, 0) is 11.2 Å². The van der Waals surface area contributed by atoms with Gasteiger partial charge in [0, 0.05) is 47.5 Å². The van der Waals surface area contributed by atoms with Gasteiger partial charge in [-0.2, -0.15) is 10.4 Å². The minimum Gasteiger partial charge on any atom is -0.381 e. The highest BCUT2D eigenvalue weighted by Crippen LogP contribution is 2.39. The molecule has 0 bridgehead atoms. The molecule has 0 saturated carbocycles. The molecule has 0 radical (unpaired) electrons. The number of ether oxygens (including phenoxy) is 1. The lowest BCUT2D eigenvalue weighted by atomic mass is 9.86. The molecule has 0 unspecified atom stereocenters. The predicted octanol–water partition coefficient (Wildman–Crippen LogP) is 5.43. The molecule has 3 aromatic heterocycles. The number of nitrogens with zero attached hydrogens (tertiary/aromatic N) is 5. The number of nitriles is 1. The second-order valence-corrected chi connectivity index (χ2v) is 10.6. The largest absolute Gasteiger partial charge is 0.381 e. The van der Waals surface area contributed by atoms with Crippen LogP contribution in [0.4, 0.5) is 0 Å². The molecule has 36 heavy (non-hydrogen) atoms. The number of pyridine rings is 1. The lowest BCUT2D eigenvalue weighted by Gasteiger charge is -2.39. The van der Waals surface area contributed by atoms with Crippen molar-refractivity contribution in [2.75, 3.05) is 26.3 Å². The second kappa shape index (κ2) is 9.68. The van der Waals surface area contributed by atoms with Gasteiger partial charge >= 0.3 is 0 Å². The lowest BCUT2D eigenvalue weighted by Crippen LogP contribution is -2.43. The van der Waals surface area contributed by atoms with E-state index in [4.69, 9.17) is 4.74 Å². The number of hydrogen-bond donors (Lipinski definition) is 1. The summed E-state index contributed by atoms with van der Waals surface area (Å²) >= 11 is 0. The molecule has 7 heteroatoms. The molecule has 2 aliphatic rings. The standard InChI is InChI=1S/C29H34N6O/c1-19(2)27-25-16-21(20-6-11-34(12-7-20)24-8-13-36-14-9-24)3-4-26(25)33-28(27)23-15-22(5-10-30)29-31-18-32-35(29)17-23/h3-4,15-20,24,33H,5-9,11-14H2,1-2H3. The van der Waals surface area contributed by atoms with E-state index < -0.39 is 0 Å². The average Bonchev–Trinajstić information content (AvgIpc) is 3.54. The molecule has 0 aliphatic carbocycles. The quantitative estimate of drug-likeness (QED) is 0.410. The number of rotatable bonds is 5. The van der Waals surface area contributed by atoms with E-state index in [1.165, 1.54) is 55.3 Å². The fourth-order valence-corrected chi connectivity index (χ4v) is 6.31. The first kappa shape index (κ1) is 23.2. The van der Waals surface area contributed by atoms with E-state index in [-0.39, 0.29) is 0 Å². The summed E-state index contributed by atoms with van der Waals surface area (Å²) in [5.74, 6) is 0.961. The molecule has 1 N–H and O–H groups in total. The van der Waals surface area contributed by atoms with Gasteiger partial charge < -0.3 is 14.6 Å². The number of aromatic nitrogens is 4. The van der Waals surface area contributed by atoms with Gasteiger partial charge in [0.1, 0.15) is 6.33 Å². The van der Waals surface area contributed by atoms with Gasteiger partial charge in [-0.05, 0) is 79.9 Å². The van der Waals surface area contributed by atoms with Crippen LogP contribution in [0.15, 0.2) is 36.8 Å². The van der Waals surface area contributed by atoms with Crippen molar-refractivity contribution in [2.45, 2.75) is 63.8 Å². The summed E-state index contributed by atoms with van der Waals surface area (Å²) in [6.07, 6.45) is 8.67. The van der Waals surface area contributed by atoms with Crippen LogP contribution in [0, 0.1) is 11.3 Å². The molecule has 1 aromatic carbocycles. The van der Waals surface area contributed by atoms with E-state index in [2.05, 4.69) is 64.1 Å². The third kappa shape index (κ3) is 4.19. The number of H-pyrrole nitrogens is 1. The minimum absolute atomic E-state index is 0.310. The minimum atomic E-state index is 0.310. The Morgan fingerprint density at radius 3 is 2.69 bits per heavy atom. The zero-order chi connectivity index (χ0) is 24.6. The fourth-order valence-electron chi connectivity index (χ4n) is 6.31. The molecular weight excluding hydrogens is 448 g/mol. The van der Waals surface area contributed by atoms with Gasteiger partial charge in [0.2, 0.25) is 0 Å². The first-order valence-corrected chi connectivity index (χ1v) is 13.3. The third-order valence-electron chi connectivity index (χ3n) is 8.16. The number of nitrogens with one attached hydrogen (secondary N) is 1. The molecule has 0 amide bonds. The molecule has 6 rings (SSSR count). The number of likely N-dealkylation sites (tertiary alicyclic amines) is 1. The van der Waals surface area contributed by atoms with Crippen molar-refractivity contribution in [1.29, 1.82) is 5.26 Å². The summed E-state index contributed by atoms with van der Waals surface area (Å²) in [6.45, 7) is 8.71. The first-order chi connectivity index (χ1) is 17.6. The van der Waals surface area contributed by atoms with Crippen molar-refractivity contribution >= 4 is 16.6 Å². The van der Waals surface area contributed by atoms with Crippen molar-refractivity contribution in [3.63, 3.8) is 0 Å². The van der Waals surface area contributed by atoms with Gasteiger partial charge in [-0.15, -0.1) is 0 Å². The molecule has 186 valence electrons. The Morgan fingerprint density at radius 2 is 1.94 bits per heavy atom. The van der Waals surface area contributed by atoms with Crippen LogP contribution < -0.4 is 0 Å². The molecule has 7 nitrogen and oxygen atoms in total. The Bertz CT molecular complexity index is 1410. The highest BCUT2D eigenvalue weighted by atomic mass is 16.5. The molecule has 4 aromatic rings. The highest BCUT2D eigenvalue weighted by molar-refractivity contribution is 5.92. The maximum atomic E-state index is 9.36. The van der Waals surface area contributed by atoms with Crippen LogP contribution in [0.3, 0.4) is 0 Å². The first-order valence-electron chi connectivity index (χ1n) is 13.3. The van der Waals surface area contributed by atoms with E-state index >= 15 is 0 Å². The summed E-state index contributed by atoms with van der Waals surface area (Å²) in [5, 5.41) is 15.0. The molecule has 2 fully saturated rings. The topological polar surface area (TPSA) is 82.2 Å². The van der Waals surface area contributed by atoms with E-state index in [1.807, 2.05) is 6.20 Å². The van der Waals surface area contributed by atoms with Crippen molar-refractivity contribution in [1.82, 2.24) is 24.5 Å². The fraction of sp³-hybridized carbons (Fsp3) is 0.483. The Hall–Kier alpha value is -3.21. The van der Waals surface area contributed by atoms with Crippen LogP contribution in [0.5, 0.6) is 0 Å². The monoisotopic (exact) mass is 482 g/mol. The van der Waals surface area contributed by atoms with Gasteiger partial charge in [0.05, 0.1) is 18.2 Å². The Morgan fingerprint density at radius 1 is 1.14 bits per heavy atom. The summed E-state index contributed by atoms with van der Waals surface area (Å²) in [6, 6.07) is 12.1. The van der Waals surface area contributed by atoms with E-state index in [0.717, 1.165) is 41.2 Å². The van der Waals surface area contributed by atoms with E-state index in [0.29, 0.717) is 24.3 Å². The second-order valence-electron chi connectivity index (χ2n) is 10.6. The lowest BCUT2D eigenvalue weighted by molar-refractivity contribution is 0.0252. The number of benzene rings is 1. The van der Waals surface area contributed by atoms with Crippen molar-refractivity contribution in [2.24, 2.45) is 0 Å². The normalized spacial score (nSPS) is 18.4. The Labute approximate surface area is 212 Å². The SMILES string of the molecule is CC(C)c1c(-c2cc(CC#N)c3ncnn3c2)[nH]c2ccc(C3CCN(C4CCOCC4)CC3)cc12. The summed E-state index contributed by atoms with van der Waals surface area (Å²) < 4.78 is 7.36. The van der Waals surface area contributed by atoms with Gasteiger partial charge in [0.15, 0.2) is 5.65 Å². The number of fused-ring (bicyclic) bond motifs is 2. The number of hydrogen-bond acceptors (Lipinski definition) is 5. The summed E-state index contributed by atoms with van der Waals surface area (Å²) in [7, 11) is 0. The van der Waals surface area contributed by atoms with Crippen LogP contribution >= 0.6 is 0 Å². The average molecular weight is 483 g/mol. The number of aromatic amines is 1. The van der Waals surface area contributed by atoms with Crippen LogP contribution in [0.2, 0.25) is 0 Å². The number of piperidine rings is 1. The van der Waals surface area contributed by atoms with Crippen molar-refractivity contribution in [3.8, 4) is 17.3 Å². The summed E-state index contributed by atoms with van der Waals surface area (Å²) in [4.78, 5) is 10.8. The Kier molecular flexibility index (Phi) is 6.24. The summed E-state index contributed by atoms with van der Waals surface area (Å²) in [5.41, 5.74) is 7.76. The van der Waals surface area contributed by atoms with Crippen molar-refractivity contribution in [3.05, 3.63) is 53.5 Å². The smallest absolute Gasteiger partial charge is 0.159 e. The van der Waals surface area contributed by atoms with Gasteiger partial charge in [0.25, 0.3) is 0 Å². The molecule has 2 aliphatic heterocycles. The molecule has 0 spiro atoms. The van der Waals surface area contributed by atoms with Crippen LogP contribution in [-0.4, -0.2) is 56.8 Å². The third-order valence-corrected chi connectivity index (χ3v) is 8.16. The van der Waals surface area contributed by atoms with Crippen LogP contribution in [0.25, 0.3) is 27.8 Å². The Balaban J connectivity index is 1.33. The van der Waals surface area contributed by atoms with E-state index in [9.17, 15) is 5.26 Å². The zero-order valence-corrected chi connectivity index (χ0v) is 21.2. The highest BCUT2D eigenvalue weighted by Gasteiger charge is 2.28. The van der Waals surface area contributed by atoms with Gasteiger partial charge in [-0.25, -0.2) is 9.50 Å². The molecular formula is C29H34N6O. The molecule has 2 saturated heterocycles. The van der Waals surface area contributed by atoms with Gasteiger partial charge in [-0.3, -0.25) is 0 Å². The maximum Gasteiger partial charge on any atom is 0.159 e. The predicted molar refractivity (Wildman–Crippen MR) is 141 cm³/mol. The molecule has 5 heterocycles. The molecule has 0 atom stereocenters. The van der Waals surface area contributed by atoms with Crippen LogP contribution in [0.1, 0.15) is 68.1 Å². The maximum absolute atomic E-state index is 9.36. The van der Waals surface area contributed by atoms with Gasteiger partial charge in [-0.1, -0.05) is 19.9 Å². The van der Waals surface area contributed by atoms with Crippen molar-refractivity contribution < 1.29 is 4.74 Å². The van der Waals surface area contributed by atoms with E-state index in [1.54, 1.807) is 10.8 Å².